The molecule has 0 N–H and O–H groups in total. The molecule has 0 aliphatic rings. The van der Waals surface area contributed by atoms with E-state index in [1.165, 1.54) is 5.56 Å². The van der Waals surface area contributed by atoms with E-state index in [-0.39, 0.29) is 6.04 Å². The van der Waals surface area contributed by atoms with Crippen LogP contribution in [0.2, 0.25) is 19.6 Å². The van der Waals surface area contributed by atoms with Crippen LogP contribution in [0.25, 0.3) is 0 Å². The smallest absolute Gasteiger partial charge is 0.212 e. The summed E-state index contributed by atoms with van der Waals surface area (Å²) >= 11 is 0. The van der Waals surface area contributed by atoms with Crippen molar-refractivity contribution in [3.8, 4) is 0 Å². The van der Waals surface area contributed by atoms with Gasteiger partial charge in [0.05, 0.1) is 6.04 Å². The zero-order valence-corrected chi connectivity index (χ0v) is 12.3. The van der Waals surface area contributed by atoms with E-state index in [4.69, 9.17) is 4.53 Å². The summed E-state index contributed by atoms with van der Waals surface area (Å²) in [5.41, 5.74) is 1.27. The van der Waals surface area contributed by atoms with Crippen molar-refractivity contribution in [1.82, 2.24) is 5.06 Å². The van der Waals surface area contributed by atoms with Gasteiger partial charge in [-0.15, -0.1) is 6.58 Å². The average molecular weight is 249 g/mol. The van der Waals surface area contributed by atoms with Crippen molar-refractivity contribution in [3.63, 3.8) is 0 Å². The van der Waals surface area contributed by atoms with E-state index in [0.29, 0.717) is 0 Å². The largest absolute Gasteiger partial charge is 0.343 e. The topological polar surface area (TPSA) is 12.5 Å². The first-order valence-corrected chi connectivity index (χ1v) is 9.42. The van der Waals surface area contributed by atoms with Crippen LogP contribution in [0.1, 0.15) is 18.0 Å². The molecule has 0 saturated carbocycles. The van der Waals surface area contributed by atoms with Crippen LogP contribution in [-0.2, 0) is 4.53 Å². The summed E-state index contributed by atoms with van der Waals surface area (Å²) in [7, 11) is 0.460. The van der Waals surface area contributed by atoms with Gasteiger partial charge in [0.15, 0.2) is 0 Å². The molecule has 1 aromatic carbocycles. The molecule has 94 valence electrons. The summed E-state index contributed by atoms with van der Waals surface area (Å²) in [6.45, 7) is 10.4. The third-order valence-electron chi connectivity index (χ3n) is 2.43. The minimum Gasteiger partial charge on any atom is -0.343 e. The Morgan fingerprint density at radius 1 is 1.29 bits per heavy atom. The molecule has 0 bridgehead atoms. The fraction of sp³-hybridized carbons (Fsp3) is 0.429. The maximum Gasteiger partial charge on any atom is 0.212 e. The highest BCUT2D eigenvalue weighted by atomic mass is 28.4. The molecule has 0 fully saturated rings. The minimum atomic E-state index is -1.55. The molecule has 0 aliphatic heterocycles. The van der Waals surface area contributed by atoms with Gasteiger partial charge >= 0.3 is 0 Å². The normalized spacial score (nSPS) is 13.7. The van der Waals surface area contributed by atoms with Gasteiger partial charge in [0.2, 0.25) is 8.32 Å². The van der Waals surface area contributed by atoms with Crippen LogP contribution in [-0.4, -0.2) is 20.4 Å². The van der Waals surface area contributed by atoms with Crippen molar-refractivity contribution < 1.29 is 4.53 Å². The minimum absolute atomic E-state index is 0.250. The SMILES string of the molecule is C=CCC(c1ccccc1)N(C)O[Si](C)(C)C. The molecule has 2 nitrogen and oxygen atoms in total. The summed E-state index contributed by atoms with van der Waals surface area (Å²) in [4.78, 5) is 0. The zero-order chi connectivity index (χ0) is 12.9. The maximum absolute atomic E-state index is 6.03. The predicted molar refractivity (Wildman–Crippen MR) is 76.2 cm³/mol. The summed E-state index contributed by atoms with van der Waals surface area (Å²) in [5.74, 6) is 0. The lowest BCUT2D eigenvalue weighted by atomic mass is 10.0. The lowest BCUT2D eigenvalue weighted by Crippen LogP contribution is -2.37. The summed E-state index contributed by atoms with van der Waals surface area (Å²) in [6, 6.07) is 10.7. The zero-order valence-electron chi connectivity index (χ0n) is 11.3. The number of hydrogen-bond acceptors (Lipinski definition) is 2. The highest BCUT2D eigenvalue weighted by Crippen LogP contribution is 2.25. The predicted octanol–water partition coefficient (Wildman–Crippen LogP) is 4.00. The molecule has 1 atom stereocenters. The van der Waals surface area contributed by atoms with Crippen molar-refractivity contribution in [3.05, 3.63) is 48.6 Å². The number of benzene rings is 1. The molecule has 17 heavy (non-hydrogen) atoms. The van der Waals surface area contributed by atoms with Crippen molar-refractivity contribution in [2.45, 2.75) is 32.1 Å². The van der Waals surface area contributed by atoms with Crippen molar-refractivity contribution in [2.24, 2.45) is 0 Å². The number of rotatable bonds is 6. The monoisotopic (exact) mass is 249 g/mol. The average Bonchev–Trinajstić information content (AvgIpc) is 2.24. The summed E-state index contributed by atoms with van der Waals surface area (Å²) in [5, 5.41) is 1.99. The highest BCUT2D eigenvalue weighted by Gasteiger charge is 2.23. The lowest BCUT2D eigenvalue weighted by molar-refractivity contribution is -0.0808. The number of hydrogen-bond donors (Lipinski definition) is 0. The number of hydroxylamine groups is 2. The summed E-state index contributed by atoms with van der Waals surface area (Å²) < 4.78 is 6.03. The van der Waals surface area contributed by atoms with E-state index in [2.05, 4.69) is 50.5 Å². The Hall–Kier alpha value is -0.903. The Labute approximate surface area is 106 Å². The van der Waals surface area contributed by atoms with Crippen LogP contribution in [0.4, 0.5) is 0 Å². The molecule has 0 aromatic heterocycles. The van der Waals surface area contributed by atoms with Gasteiger partial charge in [-0.2, -0.15) is 5.06 Å². The van der Waals surface area contributed by atoms with Crippen LogP contribution in [0, 0.1) is 0 Å². The van der Waals surface area contributed by atoms with Crippen LogP contribution in [0.15, 0.2) is 43.0 Å². The Morgan fingerprint density at radius 3 is 2.35 bits per heavy atom. The summed E-state index contributed by atoms with van der Waals surface area (Å²) in [6.07, 6.45) is 2.84. The number of nitrogens with zero attached hydrogens (tertiary/aromatic N) is 1. The van der Waals surface area contributed by atoms with Crippen molar-refractivity contribution in [1.29, 1.82) is 0 Å². The first-order valence-electron chi connectivity index (χ1n) is 6.02. The molecule has 0 heterocycles. The Kier molecular flexibility index (Phi) is 5.12. The molecule has 0 aliphatic carbocycles. The molecule has 1 unspecified atom stereocenters. The molecule has 1 rings (SSSR count). The van der Waals surface area contributed by atoms with Crippen LogP contribution < -0.4 is 0 Å². The van der Waals surface area contributed by atoms with E-state index in [9.17, 15) is 0 Å². The third-order valence-corrected chi connectivity index (χ3v) is 3.27. The molecule has 1 aromatic rings. The fourth-order valence-electron chi connectivity index (χ4n) is 1.82. The van der Waals surface area contributed by atoms with Gasteiger partial charge in [-0.25, -0.2) is 0 Å². The maximum atomic E-state index is 6.03. The second kappa shape index (κ2) is 6.14. The van der Waals surface area contributed by atoms with Crippen molar-refractivity contribution >= 4 is 8.32 Å². The van der Waals surface area contributed by atoms with Crippen LogP contribution >= 0.6 is 0 Å². The van der Waals surface area contributed by atoms with Gasteiger partial charge in [-0.3, -0.25) is 0 Å². The first kappa shape index (κ1) is 14.2. The lowest BCUT2D eigenvalue weighted by Gasteiger charge is -2.32. The highest BCUT2D eigenvalue weighted by molar-refractivity contribution is 6.69. The van der Waals surface area contributed by atoms with Gasteiger partial charge in [0.1, 0.15) is 0 Å². The van der Waals surface area contributed by atoms with Crippen LogP contribution in [0.5, 0.6) is 0 Å². The van der Waals surface area contributed by atoms with Gasteiger partial charge in [-0.1, -0.05) is 36.4 Å². The van der Waals surface area contributed by atoms with Gasteiger partial charge in [0, 0.05) is 7.05 Å². The molecule has 0 radical (unpaired) electrons. The van der Waals surface area contributed by atoms with E-state index >= 15 is 0 Å². The quantitative estimate of drug-likeness (QED) is 0.429. The van der Waals surface area contributed by atoms with Gasteiger partial charge in [-0.05, 0) is 31.6 Å². The van der Waals surface area contributed by atoms with E-state index in [1.54, 1.807) is 0 Å². The van der Waals surface area contributed by atoms with E-state index in [0.717, 1.165) is 6.42 Å². The standard InChI is InChI=1S/C14H23NOSi/c1-6-10-14(13-11-8-7-9-12-13)15(2)16-17(3,4)5/h6-9,11-12,14H,1,10H2,2-5H3. The molecule has 0 amide bonds. The molecular formula is C14H23NOSi. The molecule has 0 spiro atoms. The molecular weight excluding hydrogens is 226 g/mol. The second-order valence-corrected chi connectivity index (χ2v) is 9.61. The van der Waals surface area contributed by atoms with Gasteiger partial charge in [0.25, 0.3) is 0 Å². The van der Waals surface area contributed by atoms with Gasteiger partial charge < -0.3 is 4.53 Å². The van der Waals surface area contributed by atoms with E-state index < -0.39 is 8.32 Å². The first-order chi connectivity index (χ1) is 7.94. The van der Waals surface area contributed by atoms with E-state index in [1.807, 2.05) is 24.3 Å². The second-order valence-electron chi connectivity index (χ2n) is 5.20. The Bertz CT molecular complexity index is 345. The van der Waals surface area contributed by atoms with Crippen molar-refractivity contribution in [2.75, 3.05) is 7.05 Å². The Balaban J connectivity index is 2.82. The van der Waals surface area contributed by atoms with Crippen LogP contribution in [0.3, 0.4) is 0 Å². The third kappa shape index (κ3) is 4.85. The Morgan fingerprint density at radius 2 is 1.88 bits per heavy atom. The molecule has 0 saturated heterocycles. The molecule has 3 heteroatoms. The fourth-order valence-corrected chi connectivity index (χ4v) is 2.81.